The summed E-state index contributed by atoms with van der Waals surface area (Å²) in [6.07, 6.45) is 4.00. The van der Waals surface area contributed by atoms with Gasteiger partial charge in [-0.2, -0.15) is 4.98 Å². The van der Waals surface area contributed by atoms with Gasteiger partial charge in [0, 0.05) is 17.9 Å². The van der Waals surface area contributed by atoms with Gasteiger partial charge in [-0.15, -0.1) is 0 Å². The van der Waals surface area contributed by atoms with Crippen molar-refractivity contribution in [3.63, 3.8) is 0 Å². The second kappa shape index (κ2) is 6.34. The fourth-order valence-corrected chi connectivity index (χ4v) is 2.32. The molecule has 1 aromatic heterocycles. The molecule has 0 spiro atoms. The van der Waals surface area contributed by atoms with Crippen LogP contribution in [0.25, 0.3) is 0 Å². The smallest absolute Gasteiger partial charge is 0.224 e. The van der Waals surface area contributed by atoms with E-state index in [1.165, 1.54) is 0 Å². The van der Waals surface area contributed by atoms with Gasteiger partial charge in [0.05, 0.1) is 0 Å². The molecule has 2 heterocycles. The van der Waals surface area contributed by atoms with E-state index >= 15 is 0 Å². The lowest BCUT2D eigenvalue weighted by Crippen LogP contribution is -2.35. The molecule has 5 nitrogen and oxygen atoms in total. The second-order valence-corrected chi connectivity index (χ2v) is 4.93. The molecule has 1 aliphatic heterocycles. The van der Waals surface area contributed by atoms with Crippen LogP contribution in [0, 0.1) is 0 Å². The molecule has 5 heteroatoms. The summed E-state index contributed by atoms with van der Waals surface area (Å²) in [7, 11) is 0. The maximum absolute atomic E-state index is 4.51. The normalized spacial score (nSPS) is 15.8. The quantitative estimate of drug-likeness (QED) is 0.795. The number of rotatable bonds is 4. The van der Waals surface area contributed by atoms with Crippen molar-refractivity contribution in [2.75, 3.05) is 23.7 Å². The Morgan fingerprint density at radius 2 is 1.85 bits per heavy atom. The van der Waals surface area contributed by atoms with Gasteiger partial charge in [-0.3, -0.25) is 0 Å². The fourth-order valence-electron chi connectivity index (χ4n) is 2.32. The summed E-state index contributed by atoms with van der Waals surface area (Å²) in [5.41, 5.74) is 1.03. The topological polar surface area (TPSA) is 61.9 Å². The first-order valence-corrected chi connectivity index (χ1v) is 7.02. The summed E-state index contributed by atoms with van der Waals surface area (Å²) in [5.74, 6) is 1.50. The zero-order valence-electron chi connectivity index (χ0n) is 11.3. The first kappa shape index (κ1) is 12.9. The molecule has 0 amide bonds. The zero-order valence-corrected chi connectivity index (χ0v) is 11.3. The number of nitrogens with one attached hydrogen (secondary N) is 3. The van der Waals surface area contributed by atoms with E-state index in [2.05, 4.69) is 25.9 Å². The minimum atomic E-state index is 0.461. The van der Waals surface area contributed by atoms with Crippen LogP contribution < -0.4 is 16.0 Å². The summed E-state index contributed by atoms with van der Waals surface area (Å²) in [4.78, 5) is 8.80. The highest BCUT2D eigenvalue weighted by atomic mass is 15.2. The van der Waals surface area contributed by atoms with Gasteiger partial charge in [-0.1, -0.05) is 18.2 Å². The molecule has 1 aliphatic rings. The van der Waals surface area contributed by atoms with Gasteiger partial charge in [-0.05, 0) is 44.1 Å². The van der Waals surface area contributed by atoms with Crippen LogP contribution in [-0.2, 0) is 0 Å². The maximum Gasteiger partial charge on any atom is 0.224 e. The summed E-state index contributed by atoms with van der Waals surface area (Å²) in [6.45, 7) is 2.11. The van der Waals surface area contributed by atoms with E-state index in [9.17, 15) is 0 Å². The lowest BCUT2D eigenvalue weighted by Gasteiger charge is -2.23. The molecule has 0 bridgehead atoms. The Balaban J connectivity index is 1.66. The standard InChI is InChI=1S/C15H19N5/c1-2-4-12(5-3-1)18-14-8-11-17-15(20-14)19-13-6-9-16-10-7-13/h1-5,8,11,13,16H,6-7,9-10H2,(H2,17,18,19,20). The van der Waals surface area contributed by atoms with Crippen LogP contribution >= 0.6 is 0 Å². The SMILES string of the molecule is c1ccc(Nc2ccnc(NC3CCNCC3)n2)cc1. The highest BCUT2D eigenvalue weighted by Crippen LogP contribution is 2.15. The average Bonchev–Trinajstić information content (AvgIpc) is 2.50. The molecular weight excluding hydrogens is 250 g/mol. The molecular formula is C15H19N5. The predicted molar refractivity (Wildman–Crippen MR) is 81.3 cm³/mol. The number of anilines is 3. The fraction of sp³-hybridized carbons (Fsp3) is 0.333. The minimum Gasteiger partial charge on any atom is -0.351 e. The summed E-state index contributed by atoms with van der Waals surface area (Å²) in [5, 5.41) is 10.0. The highest BCUT2D eigenvalue weighted by Gasteiger charge is 2.13. The van der Waals surface area contributed by atoms with Gasteiger partial charge in [0.15, 0.2) is 0 Å². The Hall–Kier alpha value is -2.14. The third-order valence-electron chi connectivity index (χ3n) is 3.37. The molecule has 1 fully saturated rings. The first-order valence-electron chi connectivity index (χ1n) is 7.02. The van der Waals surface area contributed by atoms with Crippen molar-refractivity contribution >= 4 is 17.5 Å². The Bertz CT molecular complexity index is 537. The molecule has 1 saturated heterocycles. The summed E-state index contributed by atoms with van der Waals surface area (Å²) < 4.78 is 0. The van der Waals surface area contributed by atoms with Crippen LogP contribution in [0.15, 0.2) is 42.6 Å². The molecule has 0 saturated carbocycles. The highest BCUT2D eigenvalue weighted by molar-refractivity contribution is 5.56. The third-order valence-corrected chi connectivity index (χ3v) is 3.37. The van der Waals surface area contributed by atoms with Crippen LogP contribution in [0.4, 0.5) is 17.5 Å². The van der Waals surface area contributed by atoms with E-state index in [4.69, 9.17) is 0 Å². The first-order chi connectivity index (χ1) is 9.90. The Labute approximate surface area is 118 Å². The molecule has 3 rings (SSSR count). The summed E-state index contributed by atoms with van der Waals surface area (Å²) in [6, 6.07) is 12.4. The third kappa shape index (κ3) is 3.45. The van der Waals surface area contributed by atoms with Gasteiger partial charge < -0.3 is 16.0 Å². The Morgan fingerprint density at radius 1 is 1.05 bits per heavy atom. The van der Waals surface area contributed by atoms with Crippen LogP contribution in [0.3, 0.4) is 0 Å². The van der Waals surface area contributed by atoms with Crippen molar-refractivity contribution in [2.45, 2.75) is 18.9 Å². The largest absolute Gasteiger partial charge is 0.351 e. The van der Waals surface area contributed by atoms with Crippen molar-refractivity contribution in [3.8, 4) is 0 Å². The molecule has 0 radical (unpaired) electrons. The van der Waals surface area contributed by atoms with Crippen molar-refractivity contribution < 1.29 is 0 Å². The number of piperidine rings is 1. The van der Waals surface area contributed by atoms with Crippen LogP contribution in [0.1, 0.15) is 12.8 Å². The maximum atomic E-state index is 4.51. The van der Waals surface area contributed by atoms with Crippen LogP contribution in [0.2, 0.25) is 0 Å². The number of benzene rings is 1. The molecule has 20 heavy (non-hydrogen) atoms. The number of nitrogens with zero attached hydrogens (tertiary/aromatic N) is 2. The predicted octanol–water partition coefficient (Wildman–Crippen LogP) is 2.38. The molecule has 1 aromatic carbocycles. The molecule has 0 unspecified atom stereocenters. The molecule has 3 N–H and O–H groups in total. The van der Waals surface area contributed by atoms with E-state index in [0.717, 1.165) is 37.4 Å². The number of aromatic nitrogens is 2. The minimum absolute atomic E-state index is 0.461. The number of hydrogen-bond donors (Lipinski definition) is 3. The Kier molecular flexibility index (Phi) is 4.08. The van der Waals surface area contributed by atoms with E-state index in [1.54, 1.807) is 6.20 Å². The monoisotopic (exact) mass is 269 g/mol. The van der Waals surface area contributed by atoms with Crippen LogP contribution in [0.5, 0.6) is 0 Å². The zero-order chi connectivity index (χ0) is 13.6. The second-order valence-electron chi connectivity index (χ2n) is 4.93. The van der Waals surface area contributed by atoms with E-state index < -0.39 is 0 Å². The van der Waals surface area contributed by atoms with Crippen molar-refractivity contribution in [1.82, 2.24) is 15.3 Å². The van der Waals surface area contributed by atoms with Gasteiger partial charge in [0.1, 0.15) is 5.82 Å². The number of para-hydroxylation sites is 1. The molecule has 0 atom stereocenters. The molecule has 2 aromatic rings. The lowest BCUT2D eigenvalue weighted by molar-refractivity contribution is 0.477. The van der Waals surface area contributed by atoms with Crippen LogP contribution in [-0.4, -0.2) is 29.1 Å². The van der Waals surface area contributed by atoms with Gasteiger partial charge in [-0.25, -0.2) is 4.98 Å². The van der Waals surface area contributed by atoms with Crippen molar-refractivity contribution in [3.05, 3.63) is 42.6 Å². The van der Waals surface area contributed by atoms with Crippen molar-refractivity contribution in [2.24, 2.45) is 0 Å². The summed E-state index contributed by atoms with van der Waals surface area (Å²) >= 11 is 0. The van der Waals surface area contributed by atoms with Gasteiger partial charge >= 0.3 is 0 Å². The van der Waals surface area contributed by atoms with Gasteiger partial charge in [0.25, 0.3) is 0 Å². The van der Waals surface area contributed by atoms with E-state index in [1.807, 2.05) is 36.4 Å². The molecule has 0 aliphatic carbocycles. The van der Waals surface area contributed by atoms with E-state index in [0.29, 0.717) is 12.0 Å². The molecule has 104 valence electrons. The van der Waals surface area contributed by atoms with Gasteiger partial charge in [0.2, 0.25) is 5.95 Å². The average molecular weight is 269 g/mol. The lowest BCUT2D eigenvalue weighted by atomic mass is 10.1. The van der Waals surface area contributed by atoms with E-state index in [-0.39, 0.29) is 0 Å². The van der Waals surface area contributed by atoms with Crippen molar-refractivity contribution in [1.29, 1.82) is 0 Å². The Morgan fingerprint density at radius 3 is 2.65 bits per heavy atom. The number of hydrogen-bond acceptors (Lipinski definition) is 5.